The fraction of sp³-hybridized carbons (Fsp3) is 0.105. The van der Waals surface area contributed by atoms with Gasteiger partial charge in [-0.1, -0.05) is 5.10 Å². The summed E-state index contributed by atoms with van der Waals surface area (Å²) < 4.78 is 32.0. The Kier molecular flexibility index (Phi) is 4.59. The lowest BCUT2D eigenvalue weighted by Gasteiger charge is -2.13. The summed E-state index contributed by atoms with van der Waals surface area (Å²) in [6, 6.07) is 8.40. The van der Waals surface area contributed by atoms with Crippen molar-refractivity contribution in [3.05, 3.63) is 59.7 Å². The van der Waals surface area contributed by atoms with Gasteiger partial charge in [-0.25, -0.2) is 8.78 Å². The van der Waals surface area contributed by atoms with Crippen molar-refractivity contribution < 1.29 is 27.6 Å². The molecular formula is C19H12F2N4O4. The van der Waals surface area contributed by atoms with Crippen molar-refractivity contribution >= 4 is 29.4 Å². The zero-order chi connectivity index (χ0) is 20.5. The van der Waals surface area contributed by atoms with Crippen LogP contribution in [0.25, 0.3) is 11.5 Å². The molecule has 1 aliphatic rings. The Morgan fingerprint density at radius 3 is 2.34 bits per heavy atom. The summed E-state index contributed by atoms with van der Waals surface area (Å²) in [6.45, 7) is 0. The van der Waals surface area contributed by atoms with Gasteiger partial charge in [0.1, 0.15) is 11.6 Å². The number of hydrogen-bond donors (Lipinski definition) is 1. The molecule has 4 rings (SSSR count). The Morgan fingerprint density at radius 2 is 1.69 bits per heavy atom. The van der Waals surface area contributed by atoms with Gasteiger partial charge in [-0.05, 0) is 36.4 Å². The van der Waals surface area contributed by atoms with Crippen LogP contribution in [0.3, 0.4) is 0 Å². The van der Waals surface area contributed by atoms with Gasteiger partial charge in [0.05, 0.1) is 11.3 Å². The van der Waals surface area contributed by atoms with E-state index < -0.39 is 17.5 Å². The number of nitrogens with zero attached hydrogens (tertiary/aromatic N) is 3. The third kappa shape index (κ3) is 3.59. The van der Waals surface area contributed by atoms with Gasteiger partial charge in [-0.15, -0.1) is 5.10 Å². The Hall–Kier alpha value is -3.95. The SMILES string of the molecule is O=C(Nc1nnc(-c2ccc(F)cc2F)o1)c1ccc(N2C(=O)CCC2=O)cc1. The molecule has 0 radical (unpaired) electrons. The summed E-state index contributed by atoms with van der Waals surface area (Å²) >= 11 is 0. The second-order valence-electron chi connectivity index (χ2n) is 6.16. The van der Waals surface area contributed by atoms with Gasteiger partial charge in [-0.2, -0.15) is 0 Å². The molecule has 146 valence electrons. The van der Waals surface area contributed by atoms with Crippen LogP contribution in [0.2, 0.25) is 0 Å². The minimum atomic E-state index is -0.881. The molecule has 10 heteroatoms. The molecule has 1 saturated heterocycles. The van der Waals surface area contributed by atoms with E-state index in [0.29, 0.717) is 11.8 Å². The van der Waals surface area contributed by atoms with Crippen molar-refractivity contribution in [1.82, 2.24) is 10.2 Å². The summed E-state index contributed by atoms with van der Waals surface area (Å²) in [5.74, 6) is -3.03. The van der Waals surface area contributed by atoms with Crippen LogP contribution in [0.1, 0.15) is 23.2 Å². The highest BCUT2D eigenvalue weighted by atomic mass is 19.1. The summed E-state index contributed by atoms with van der Waals surface area (Å²) in [4.78, 5) is 36.9. The van der Waals surface area contributed by atoms with Crippen LogP contribution in [0.5, 0.6) is 0 Å². The van der Waals surface area contributed by atoms with E-state index in [1.807, 2.05) is 0 Å². The Bertz CT molecular complexity index is 1110. The van der Waals surface area contributed by atoms with E-state index in [1.54, 1.807) is 0 Å². The minimum absolute atomic E-state index is 0.108. The van der Waals surface area contributed by atoms with Crippen molar-refractivity contribution in [2.24, 2.45) is 0 Å². The van der Waals surface area contributed by atoms with Crippen LogP contribution >= 0.6 is 0 Å². The molecular weight excluding hydrogens is 386 g/mol. The predicted octanol–water partition coefficient (Wildman–Crippen LogP) is 2.92. The quantitative estimate of drug-likeness (QED) is 0.678. The molecule has 0 atom stereocenters. The molecule has 1 fully saturated rings. The molecule has 29 heavy (non-hydrogen) atoms. The monoisotopic (exact) mass is 398 g/mol. The molecule has 0 spiro atoms. The summed E-state index contributed by atoms with van der Waals surface area (Å²) in [5, 5.41) is 9.61. The highest BCUT2D eigenvalue weighted by Crippen LogP contribution is 2.25. The van der Waals surface area contributed by atoms with Gasteiger partial charge < -0.3 is 4.42 Å². The normalized spacial score (nSPS) is 13.8. The van der Waals surface area contributed by atoms with E-state index in [9.17, 15) is 23.2 Å². The average molecular weight is 398 g/mol. The number of benzene rings is 2. The highest BCUT2D eigenvalue weighted by Gasteiger charge is 2.30. The molecule has 0 saturated carbocycles. The van der Waals surface area contributed by atoms with E-state index in [2.05, 4.69) is 15.5 Å². The van der Waals surface area contributed by atoms with Gasteiger partial charge in [0.2, 0.25) is 11.8 Å². The molecule has 3 aromatic rings. The fourth-order valence-corrected chi connectivity index (χ4v) is 2.84. The molecule has 2 aromatic carbocycles. The van der Waals surface area contributed by atoms with E-state index in [-0.39, 0.29) is 47.7 Å². The van der Waals surface area contributed by atoms with Crippen molar-refractivity contribution in [2.75, 3.05) is 10.2 Å². The molecule has 1 N–H and O–H groups in total. The summed E-state index contributed by atoms with van der Waals surface area (Å²) in [6.07, 6.45) is 0.324. The van der Waals surface area contributed by atoms with Gasteiger partial charge >= 0.3 is 6.01 Å². The summed E-state index contributed by atoms with van der Waals surface area (Å²) in [7, 11) is 0. The van der Waals surface area contributed by atoms with Crippen LogP contribution in [0, 0.1) is 11.6 Å². The Labute approximate surface area is 162 Å². The second kappa shape index (κ2) is 7.23. The van der Waals surface area contributed by atoms with Gasteiger partial charge in [0.15, 0.2) is 0 Å². The van der Waals surface area contributed by atoms with E-state index in [0.717, 1.165) is 17.0 Å². The van der Waals surface area contributed by atoms with Gasteiger partial charge in [0.25, 0.3) is 11.8 Å². The van der Waals surface area contributed by atoms with Crippen molar-refractivity contribution in [3.63, 3.8) is 0 Å². The lowest BCUT2D eigenvalue weighted by molar-refractivity contribution is -0.121. The Balaban J connectivity index is 1.48. The molecule has 2 heterocycles. The second-order valence-corrected chi connectivity index (χ2v) is 6.16. The third-order valence-corrected chi connectivity index (χ3v) is 4.25. The number of carbonyl (C=O) groups is 3. The number of rotatable bonds is 4. The van der Waals surface area contributed by atoms with Gasteiger partial charge in [0, 0.05) is 24.5 Å². The number of anilines is 2. The number of aromatic nitrogens is 2. The van der Waals surface area contributed by atoms with Crippen LogP contribution in [0.4, 0.5) is 20.5 Å². The smallest absolute Gasteiger partial charge is 0.322 e. The zero-order valence-corrected chi connectivity index (χ0v) is 14.7. The number of carbonyl (C=O) groups excluding carboxylic acids is 3. The Morgan fingerprint density at radius 1 is 1.00 bits per heavy atom. The summed E-state index contributed by atoms with van der Waals surface area (Å²) in [5.41, 5.74) is 0.477. The van der Waals surface area contributed by atoms with Crippen molar-refractivity contribution in [3.8, 4) is 11.5 Å². The first-order chi connectivity index (χ1) is 13.9. The number of amides is 3. The first-order valence-corrected chi connectivity index (χ1v) is 8.48. The molecule has 1 aliphatic heterocycles. The molecule has 1 aromatic heterocycles. The zero-order valence-electron chi connectivity index (χ0n) is 14.7. The maximum absolute atomic E-state index is 13.8. The first kappa shape index (κ1) is 18.4. The molecule has 3 amide bonds. The van der Waals surface area contributed by atoms with Crippen molar-refractivity contribution in [2.45, 2.75) is 12.8 Å². The minimum Gasteiger partial charge on any atom is -0.403 e. The van der Waals surface area contributed by atoms with E-state index >= 15 is 0 Å². The standard InChI is InChI=1S/C19H12F2N4O4/c20-11-3-6-13(14(21)9-11)18-23-24-19(29-18)22-17(28)10-1-4-12(5-2-10)25-15(26)7-8-16(25)27/h1-6,9H,7-8H2,(H,22,24,28). The largest absolute Gasteiger partial charge is 0.403 e. The molecule has 0 unspecified atom stereocenters. The average Bonchev–Trinajstić information content (AvgIpc) is 3.28. The predicted molar refractivity (Wildman–Crippen MR) is 95.8 cm³/mol. The topological polar surface area (TPSA) is 105 Å². The molecule has 0 bridgehead atoms. The van der Waals surface area contributed by atoms with E-state index in [1.165, 1.54) is 24.3 Å². The number of imide groups is 1. The molecule has 8 nitrogen and oxygen atoms in total. The van der Waals surface area contributed by atoms with E-state index in [4.69, 9.17) is 4.42 Å². The first-order valence-electron chi connectivity index (χ1n) is 8.48. The third-order valence-electron chi connectivity index (χ3n) is 4.25. The molecule has 0 aliphatic carbocycles. The fourth-order valence-electron chi connectivity index (χ4n) is 2.84. The van der Waals surface area contributed by atoms with Crippen LogP contribution < -0.4 is 10.2 Å². The highest BCUT2D eigenvalue weighted by molar-refractivity contribution is 6.20. The van der Waals surface area contributed by atoms with Crippen LogP contribution in [0.15, 0.2) is 46.9 Å². The van der Waals surface area contributed by atoms with Crippen LogP contribution in [-0.2, 0) is 9.59 Å². The van der Waals surface area contributed by atoms with Crippen molar-refractivity contribution in [1.29, 1.82) is 0 Å². The maximum atomic E-state index is 13.8. The lowest BCUT2D eigenvalue weighted by atomic mass is 10.2. The maximum Gasteiger partial charge on any atom is 0.322 e. The number of hydrogen-bond acceptors (Lipinski definition) is 6. The van der Waals surface area contributed by atoms with Crippen LogP contribution in [-0.4, -0.2) is 27.9 Å². The van der Waals surface area contributed by atoms with Gasteiger partial charge in [-0.3, -0.25) is 24.6 Å². The lowest BCUT2D eigenvalue weighted by Crippen LogP contribution is -2.28. The number of halogens is 2. The number of nitrogens with one attached hydrogen (secondary N) is 1.